The van der Waals surface area contributed by atoms with Crippen LogP contribution in [0.1, 0.15) is 21.5 Å². The monoisotopic (exact) mass is 464 g/mol. The van der Waals surface area contributed by atoms with E-state index in [1.807, 2.05) is 83.7 Å². The molecule has 0 spiro atoms. The first kappa shape index (κ1) is 22.0. The lowest BCUT2D eigenvalue weighted by Crippen LogP contribution is -2.31. The highest BCUT2D eigenvalue weighted by molar-refractivity contribution is 6.35. The molecular weight excluding hydrogens is 443 g/mol. The minimum absolute atomic E-state index is 0.0943. The van der Waals surface area contributed by atoms with E-state index < -0.39 is 0 Å². The van der Waals surface area contributed by atoms with Gasteiger partial charge in [0.25, 0.3) is 5.91 Å². The Bertz CT molecular complexity index is 1220. The van der Waals surface area contributed by atoms with Crippen molar-refractivity contribution in [3.05, 3.63) is 118 Å². The SMILES string of the molecule is COc1cccc(CN(Cc2ccc(Cl)cc2Cl)C(=O)c2ccccc2-n2cccc2)c1. The number of aromatic nitrogens is 1. The molecule has 162 valence electrons. The van der Waals surface area contributed by atoms with Crippen molar-refractivity contribution in [3.8, 4) is 11.4 Å². The number of nitrogens with zero attached hydrogens (tertiary/aromatic N) is 2. The smallest absolute Gasteiger partial charge is 0.256 e. The van der Waals surface area contributed by atoms with Gasteiger partial charge in [0.05, 0.1) is 18.4 Å². The third kappa shape index (κ3) is 4.98. The van der Waals surface area contributed by atoms with E-state index in [1.165, 1.54) is 0 Å². The number of ether oxygens (including phenoxy) is 1. The average Bonchev–Trinajstić information content (AvgIpc) is 3.35. The van der Waals surface area contributed by atoms with Crippen molar-refractivity contribution in [2.24, 2.45) is 0 Å². The summed E-state index contributed by atoms with van der Waals surface area (Å²) in [7, 11) is 1.63. The summed E-state index contributed by atoms with van der Waals surface area (Å²) in [6, 6.07) is 24.5. The maximum absolute atomic E-state index is 13.8. The number of carbonyl (C=O) groups is 1. The normalized spacial score (nSPS) is 10.7. The number of methoxy groups -OCH3 is 1. The summed E-state index contributed by atoms with van der Waals surface area (Å²) < 4.78 is 7.29. The van der Waals surface area contributed by atoms with Gasteiger partial charge in [-0.15, -0.1) is 0 Å². The van der Waals surface area contributed by atoms with Crippen LogP contribution in [0.2, 0.25) is 10.0 Å². The van der Waals surface area contributed by atoms with Crippen LogP contribution in [-0.4, -0.2) is 22.5 Å². The molecule has 0 saturated heterocycles. The molecule has 0 aliphatic rings. The lowest BCUT2D eigenvalue weighted by atomic mass is 10.1. The molecule has 4 nitrogen and oxygen atoms in total. The molecule has 6 heteroatoms. The van der Waals surface area contributed by atoms with Gasteiger partial charge in [0.1, 0.15) is 5.75 Å². The predicted octanol–water partition coefficient (Wildman–Crippen LogP) is 6.64. The molecule has 0 fully saturated rings. The molecule has 32 heavy (non-hydrogen) atoms. The van der Waals surface area contributed by atoms with Gasteiger partial charge in [-0.05, 0) is 59.7 Å². The summed E-state index contributed by atoms with van der Waals surface area (Å²) >= 11 is 12.5. The molecule has 0 aliphatic carbocycles. The Balaban J connectivity index is 1.72. The van der Waals surface area contributed by atoms with Crippen molar-refractivity contribution in [1.29, 1.82) is 0 Å². The van der Waals surface area contributed by atoms with Crippen LogP contribution in [0, 0.1) is 0 Å². The molecule has 1 amide bonds. The molecule has 4 aromatic rings. The molecule has 1 aromatic heterocycles. The second kappa shape index (κ2) is 9.94. The topological polar surface area (TPSA) is 34.5 Å². The molecule has 1 heterocycles. The summed E-state index contributed by atoms with van der Waals surface area (Å²) in [5.41, 5.74) is 3.21. The van der Waals surface area contributed by atoms with Gasteiger partial charge in [-0.3, -0.25) is 4.79 Å². The molecule has 0 unspecified atom stereocenters. The van der Waals surface area contributed by atoms with E-state index in [0.29, 0.717) is 28.7 Å². The van der Waals surface area contributed by atoms with E-state index in [0.717, 1.165) is 22.6 Å². The predicted molar refractivity (Wildman–Crippen MR) is 129 cm³/mol. The van der Waals surface area contributed by atoms with Crippen molar-refractivity contribution in [1.82, 2.24) is 9.47 Å². The number of hydrogen-bond acceptors (Lipinski definition) is 2. The fraction of sp³-hybridized carbons (Fsp3) is 0.115. The molecule has 0 bridgehead atoms. The van der Waals surface area contributed by atoms with Crippen LogP contribution in [0.5, 0.6) is 5.75 Å². The van der Waals surface area contributed by atoms with Crippen molar-refractivity contribution in [3.63, 3.8) is 0 Å². The van der Waals surface area contributed by atoms with Crippen molar-refractivity contribution < 1.29 is 9.53 Å². The van der Waals surface area contributed by atoms with Crippen LogP contribution < -0.4 is 4.74 Å². The van der Waals surface area contributed by atoms with Gasteiger partial charge in [-0.2, -0.15) is 0 Å². The van der Waals surface area contributed by atoms with E-state index in [-0.39, 0.29) is 5.91 Å². The minimum Gasteiger partial charge on any atom is -0.497 e. The Morgan fingerprint density at radius 3 is 2.44 bits per heavy atom. The molecule has 0 N–H and O–H groups in total. The average molecular weight is 465 g/mol. The van der Waals surface area contributed by atoms with Gasteiger partial charge in [0.15, 0.2) is 0 Å². The largest absolute Gasteiger partial charge is 0.497 e. The Kier molecular flexibility index (Phi) is 6.84. The Hall–Kier alpha value is -3.21. The standard InChI is InChI=1S/C26H22Cl2N2O2/c1-32-22-8-6-7-19(15-22)17-30(18-20-11-12-21(27)16-24(20)28)26(31)23-9-2-3-10-25(23)29-13-4-5-14-29/h2-16H,17-18H2,1H3. The van der Waals surface area contributed by atoms with Crippen LogP contribution in [0.25, 0.3) is 5.69 Å². The van der Waals surface area contributed by atoms with Crippen LogP contribution >= 0.6 is 23.2 Å². The van der Waals surface area contributed by atoms with Gasteiger partial charge in [-0.25, -0.2) is 0 Å². The maximum atomic E-state index is 13.8. The summed E-state index contributed by atoms with van der Waals surface area (Å²) in [5, 5.41) is 1.09. The lowest BCUT2D eigenvalue weighted by molar-refractivity contribution is 0.0730. The van der Waals surface area contributed by atoms with Crippen LogP contribution in [0.15, 0.2) is 91.3 Å². The van der Waals surface area contributed by atoms with E-state index in [4.69, 9.17) is 27.9 Å². The first-order chi connectivity index (χ1) is 15.5. The Labute approximate surface area is 197 Å². The number of hydrogen-bond donors (Lipinski definition) is 0. The fourth-order valence-corrected chi connectivity index (χ4v) is 4.06. The van der Waals surface area contributed by atoms with Crippen LogP contribution in [0.4, 0.5) is 0 Å². The van der Waals surface area contributed by atoms with Gasteiger partial charge < -0.3 is 14.2 Å². The zero-order chi connectivity index (χ0) is 22.5. The second-order valence-corrected chi connectivity index (χ2v) is 8.20. The number of carbonyl (C=O) groups excluding carboxylic acids is 1. The number of rotatable bonds is 7. The third-order valence-corrected chi connectivity index (χ3v) is 5.78. The highest BCUT2D eigenvalue weighted by Crippen LogP contribution is 2.26. The summed E-state index contributed by atoms with van der Waals surface area (Å²) in [6.07, 6.45) is 3.85. The van der Waals surface area contributed by atoms with Crippen molar-refractivity contribution in [2.75, 3.05) is 7.11 Å². The van der Waals surface area contributed by atoms with Gasteiger partial charge >= 0.3 is 0 Å². The molecular formula is C26H22Cl2N2O2. The van der Waals surface area contributed by atoms with Gasteiger partial charge in [0, 0.05) is 35.5 Å². The highest BCUT2D eigenvalue weighted by Gasteiger charge is 2.21. The minimum atomic E-state index is -0.0943. The zero-order valence-corrected chi connectivity index (χ0v) is 19.1. The van der Waals surface area contributed by atoms with E-state index in [2.05, 4.69) is 0 Å². The van der Waals surface area contributed by atoms with Crippen molar-refractivity contribution >= 4 is 29.1 Å². The van der Waals surface area contributed by atoms with E-state index >= 15 is 0 Å². The molecule has 3 aromatic carbocycles. The summed E-state index contributed by atoms with van der Waals surface area (Å²) in [5.74, 6) is 0.648. The highest BCUT2D eigenvalue weighted by atomic mass is 35.5. The lowest BCUT2D eigenvalue weighted by Gasteiger charge is -2.25. The van der Waals surface area contributed by atoms with E-state index in [1.54, 1.807) is 24.1 Å². The molecule has 0 aliphatic heterocycles. The summed E-state index contributed by atoms with van der Waals surface area (Å²) in [6.45, 7) is 0.737. The van der Waals surface area contributed by atoms with Crippen LogP contribution in [0.3, 0.4) is 0 Å². The van der Waals surface area contributed by atoms with Gasteiger partial charge in [-0.1, -0.05) is 53.5 Å². The van der Waals surface area contributed by atoms with E-state index in [9.17, 15) is 4.79 Å². The van der Waals surface area contributed by atoms with Crippen LogP contribution in [-0.2, 0) is 13.1 Å². The summed E-state index contributed by atoms with van der Waals surface area (Å²) in [4.78, 5) is 15.6. The third-order valence-electron chi connectivity index (χ3n) is 5.19. The second-order valence-electron chi connectivity index (χ2n) is 7.36. The van der Waals surface area contributed by atoms with Gasteiger partial charge in [0.2, 0.25) is 0 Å². The first-order valence-electron chi connectivity index (χ1n) is 10.1. The maximum Gasteiger partial charge on any atom is 0.256 e. The number of benzene rings is 3. The van der Waals surface area contributed by atoms with Crippen molar-refractivity contribution in [2.45, 2.75) is 13.1 Å². The Morgan fingerprint density at radius 2 is 1.69 bits per heavy atom. The molecule has 4 rings (SSSR count). The number of amides is 1. The quantitative estimate of drug-likeness (QED) is 0.307. The zero-order valence-electron chi connectivity index (χ0n) is 17.5. The molecule has 0 radical (unpaired) electrons. The number of para-hydroxylation sites is 1. The molecule has 0 atom stereocenters. The molecule has 0 saturated carbocycles. The fourth-order valence-electron chi connectivity index (χ4n) is 3.59. The first-order valence-corrected chi connectivity index (χ1v) is 10.9. The number of halogens is 2. The Morgan fingerprint density at radius 1 is 0.906 bits per heavy atom.